The van der Waals surface area contributed by atoms with E-state index >= 15 is 0 Å². The molecule has 0 spiro atoms. The lowest BCUT2D eigenvalue weighted by Gasteiger charge is -2.08. The molecule has 0 aromatic rings. The van der Waals surface area contributed by atoms with Crippen LogP contribution in [0.15, 0.2) is 12.4 Å². The number of nitrogens with one attached hydrogen (secondary N) is 1. The Bertz CT molecular complexity index is 136. The van der Waals surface area contributed by atoms with E-state index in [9.17, 15) is 4.79 Å². The van der Waals surface area contributed by atoms with Gasteiger partial charge < -0.3 is 10.2 Å². The van der Waals surface area contributed by atoms with E-state index in [-0.39, 0.29) is 5.91 Å². The Kier molecular flexibility index (Phi) is 5.38. The summed E-state index contributed by atoms with van der Waals surface area (Å²) < 4.78 is 0.516. The molecule has 0 aromatic carbocycles. The number of carbonyl (C=O) groups is 1. The number of halogens is 1. The van der Waals surface area contributed by atoms with E-state index in [2.05, 4.69) is 5.32 Å². The maximum Gasteiger partial charge on any atom is 0.236 e. The molecule has 0 saturated heterocycles. The van der Waals surface area contributed by atoms with Crippen LogP contribution in [0, 0.1) is 0 Å². The van der Waals surface area contributed by atoms with Crippen molar-refractivity contribution in [2.45, 2.75) is 0 Å². The number of alkyl halides is 1. The molecule has 0 aliphatic carbocycles. The maximum atomic E-state index is 10.9. The first kappa shape index (κ1) is 9.74. The van der Waals surface area contributed by atoms with E-state index in [0.717, 1.165) is 0 Å². The number of rotatable bonds is 3. The highest BCUT2D eigenvalue weighted by Gasteiger charge is 2.00. The molecule has 0 aromatic heterocycles. The topological polar surface area (TPSA) is 32.3 Å². The molecule has 0 saturated carbocycles. The molecule has 58 valence electrons. The van der Waals surface area contributed by atoms with Crippen molar-refractivity contribution >= 4 is 28.5 Å². The predicted molar refractivity (Wildman–Crippen MR) is 49.9 cm³/mol. The van der Waals surface area contributed by atoms with E-state index in [1.165, 1.54) is 0 Å². The molecule has 0 aliphatic heterocycles. The molecule has 3 nitrogen and oxygen atoms in total. The lowest BCUT2D eigenvalue weighted by Crippen LogP contribution is -2.22. The fraction of sp³-hybridized carbons (Fsp3) is 0.500. The first-order chi connectivity index (χ1) is 4.72. The smallest absolute Gasteiger partial charge is 0.236 e. The normalized spacial score (nSPS) is 9.90. The summed E-state index contributed by atoms with van der Waals surface area (Å²) in [5, 5.41) is 2.80. The van der Waals surface area contributed by atoms with Crippen molar-refractivity contribution < 1.29 is 4.79 Å². The van der Waals surface area contributed by atoms with Crippen molar-refractivity contribution in [2.24, 2.45) is 0 Å². The lowest BCUT2D eigenvalue weighted by molar-refractivity contribution is -0.124. The Balaban J connectivity index is 3.72. The molecule has 0 fully saturated rings. The highest BCUT2D eigenvalue weighted by atomic mass is 127. The van der Waals surface area contributed by atoms with Crippen LogP contribution in [-0.4, -0.2) is 29.3 Å². The minimum absolute atomic E-state index is 0.104. The standard InChI is InChI=1S/C6H11IN2O/c1-8-3-4-9(2)6(10)5-7/h3-4,8H,5H2,1-2H3/b4-3-. The minimum Gasteiger partial charge on any atom is -0.393 e. The van der Waals surface area contributed by atoms with Crippen LogP contribution in [-0.2, 0) is 4.79 Å². The number of hydrogen-bond donors (Lipinski definition) is 1. The van der Waals surface area contributed by atoms with Crippen LogP contribution < -0.4 is 5.32 Å². The largest absolute Gasteiger partial charge is 0.393 e. The number of nitrogens with zero attached hydrogens (tertiary/aromatic N) is 1. The van der Waals surface area contributed by atoms with Crippen molar-refractivity contribution in [1.29, 1.82) is 0 Å². The number of carbonyl (C=O) groups excluding carboxylic acids is 1. The van der Waals surface area contributed by atoms with Crippen molar-refractivity contribution in [1.82, 2.24) is 10.2 Å². The van der Waals surface area contributed by atoms with Crippen molar-refractivity contribution in [3.63, 3.8) is 0 Å². The molecule has 0 heterocycles. The average Bonchev–Trinajstić information content (AvgIpc) is 1.98. The zero-order chi connectivity index (χ0) is 7.98. The van der Waals surface area contributed by atoms with E-state index in [0.29, 0.717) is 4.43 Å². The maximum absolute atomic E-state index is 10.9. The van der Waals surface area contributed by atoms with Gasteiger partial charge in [0.2, 0.25) is 5.91 Å². The summed E-state index contributed by atoms with van der Waals surface area (Å²) in [5.41, 5.74) is 0. The van der Waals surface area contributed by atoms with Gasteiger partial charge in [-0.1, -0.05) is 22.6 Å². The van der Waals surface area contributed by atoms with Crippen LogP contribution in [0.3, 0.4) is 0 Å². The molecule has 0 atom stereocenters. The van der Waals surface area contributed by atoms with Crippen molar-refractivity contribution in [3.8, 4) is 0 Å². The van der Waals surface area contributed by atoms with Gasteiger partial charge in [0.15, 0.2) is 0 Å². The summed E-state index contributed by atoms with van der Waals surface area (Å²) in [5.74, 6) is 0.104. The molecule has 0 bridgehead atoms. The SMILES string of the molecule is CN/C=C\N(C)C(=O)CI. The Hall–Kier alpha value is -0.260. The van der Waals surface area contributed by atoms with Crippen molar-refractivity contribution in [2.75, 3.05) is 18.5 Å². The highest BCUT2D eigenvalue weighted by Crippen LogP contribution is 1.90. The van der Waals surface area contributed by atoms with Crippen molar-refractivity contribution in [3.05, 3.63) is 12.4 Å². The molecule has 4 heteroatoms. The van der Waals surface area contributed by atoms with Gasteiger partial charge in [0, 0.05) is 26.5 Å². The summed E-state index contributed by atoms with van der Waals surface area (Å²) in [4.78, 5) is 12.4. The zero-order valence-electron chi connectivity index (χ0n) is 6.10. The summed E-state index contributed by atoms with van der Waals surface area (Å²) >= 11 is 2.03. The molecule has 1 amide bonds. The molecular weight excluding hydrogens is 243 g/mol. The van der Waals surface area contributed by atoms with Crippen LogP contribution in [0.4, 0.5) is 0 Å². The van der Waals surface area contributed by atoms with Crippen LogP contribution in [0.5, 0.6) is 0 Å². The first-order valence-corrected chi connectivity index (χ1v) is 4.40. The third-order valence-electron chi connectivity index (χ3n) is 0.973. The second-order valence-electron chi connectivity index (χ2n) is 1.74. The van der Waals surface area contributed by atoms with Gasteiger partial charge in [-0.05, 0) is 0 Å². The third-order valence-corrected chi connectivity index (χ3v) is 1.63. The minimum atomic E-state index is 0.104. The molecule has 0 aliphatic rings. The summed E-state index contributed by atoms with van der Waals surface area (Å²) in [6.07, 6.45) is 3.41. The highest BCUT2D eigenvalue weighted by molar-refractivity contribution is 14.1. The Morgan fingerprint density at radius 3 is 2.80 bits per heavy atom. The number of hydrogen-bond acceptors (Lipinski definition) is 2. The Morgan fingerprint density at radius 1 is 1.80 bits per heavy atom. The van der Waals surface area contributed by atoms with Crippen LogP contribution in [0.25, 0.3) is 0 Å². The number of amides is 1. The quantitative estimate of drug-likeness (QED) is 0.590. The fourth-order valence-corrected chi connectivity index (χ4v) is 0.902. The third kappa shape index (κ3) is 3.71. The summed E-state index contributed by atoms with van der Waals surface area (Å²) in [6, 6.07) is 0. The molecule has 0 radical (unpaired) electrons. The van der Waals surface area contributed by atoms with Gasteiger partial charge in [-0.15, -0.1) is 0 Å². The van der Waals surface area contributed by atoms with Gasteiger partial charge >= 0.3 is 0 Å². The Morgan fingerprint density at radius 2 is 2.40 bits per heavy atom. The molecule has 0 unspecified atom stereocenters. The lowest BCUT2D eigenvalue weighted by atomic mass is 10.6. The van der Waals surface area contributed by atoms with E-state index in [1.807, 2.05) is 22.6 Å². The van der Waals surface area contributed by atoms with E-state index in [1.54, 1.807) is 31.4 Å². The van der Waals surface area contributed by atoms with E-state index in [4.69, 9.17) is 0 Å². The summed E-state index contributed by atoms with van der Waals surface area (Å²) in [6.45, 7) is 0. The average molecular weight is 254 g/mol. The van der Waals surface area contributed by atoms with Gasteiger partial charge in [0.25, 0.3) is 0 Å². The summed E-state index contributed by atoms with van der Waals surface area (Å²) in [7, 11) is 3.52. The van der Waals surface area contributed by atoms with Gasteiger partial charge in [0.05, 0.1) is 4.43 Å². The van der Waals surface area contributed by atoms with Gasteiger partial charge in [-0.3, -0.25) is 4.79 Å². The first-order valence-electron chi connectivity index (χ1n) is 2.88. The molecule has 0 rings (SSSR count). The van der Waals surface area contributed by atoms with Crippen LogP contribution >= 0.6 is 22.6 Å². The van der Waals surface area contributed by atoms with Gasteiger partial charge in [-0.2, -0.15) is 0 Å². The molecular formula is C6H11IN2O. The molecule has 10 heavy (non-hydrogen) atoms. The second kappa shape index (κ2) is 5.52. The second-order valence-corrected chi connectivity index (χ2v) is 2.51. The molecule has 1 N–H and O–H groups in total. The fourth-order valence-electron chi connectivity index (χ4n) is 0.364. The monoisotopic (exact) mass is 254 g/mol. The van der Waals surface area contributed by atoms with Crippen LogP contribution in [0.2, 0.25) is 0 Å². The zero-order valence-corrected chi connectivity index (χ0v) is 8.25. The van der Waals surface area contributed by atoms with Gasteiger partial charge in [0.1, 0.15) is 0 Å². The van der Waals surface area contributed by atoms with E-state index < -0.39 is 0 Å². The Labute approximate surface area is 74.6 Å². The van der Waals surface area contributed by atoms with Crippen LogP contribution in [0.1, 0.15) is 0 Å². The van der Waals surface area contributed by atoms with Gasteiger partial charge in [-0.25, -0.2) is 0 Å². The predicted octanol–water partition coefficient (Wildman–Crippen LogP) is 0.570.